The van der Waals surface area contributed by atoms with Gasteiger partial charge in [-0.15, -0.1) is 11.8 Å². The summed E-state index contributed by atoms with van der Waals surface area (Å²) >= 11 is 3.34. The summed E-state index contributed by atoms with van der Waals surface area (Å²) < 4.78 is 0. The van der Waals surface area contributed by atoms with E-state index in [-0.39, 0.29) is 0 Å². The summed E-state index contributed by atoms with van der Waals surface area (Å²) in [5.74, 6) is 0.638. The number of hydrogen-bond donors (Lipinski definition) is 1. The molecular weight excluding hydrogens is 324 g/mol. The standard InChI is InChI=1S/C18H24N2OS2/c1-22-16-8-4-5-9-18(16,21)12-23-17-14(11-19)10-13-6-2-3-7-15(13)20-17/h10,16,21H,2-9,12H2,1H3/t16-,18+/m1/s1. The van der Waals surface area contributed by atoms with Gasteiger partial charge in [-0.05, 0) is 56.4 Å². The van der Waals surface area contributed by atoms with E-state index < -0.39 is 5.60 Å². The zero-order chi connectivity index (χ0) is 16.3. The summed E-state index contributed by atoms with van der Waals surface area (Å²) in [6.45, 7) is 0. The number of aryl methyl sites for hydroxylation is 2. The maximum absolute atomic E-state index is 11.0. The van der Waals surface area contributed by atoms with Gasteiger partial charge in [0.15, 0.2) is 0 Å². The number of fused-ring (bicyclic) bond motifs is 1. The molecule has 1 saturated carbocycles. The highest BCUT2D eigenvalue weighted by Gasteiger charge is 2.38. The van der Waals surface area contributed by atoms with Gasteiger partial charge in [0.2, 0.25) is 0 Å². The smallest absolute Gasteiger partial charge is 0.114 e. The van der Waals surface area contributed by atoms with E-state index >= 15 is 0 Å². The van der Waals surface area contributed by atoms with Crippen LogP contribution in [0.3, 0.4) is 0 Å². The summed E-state index contributed by atoms with van der Waals surface area (Å²) in [5, 5.41) is 21.6. The van der Waals surface area contributed by atoms with Crippen molar-refractivity contribution in [1.82, 2.24) is 4.98 Å². The Morgan fingerprint density at radius 2 is 2.17 bits per heavy atom. The molecule has 2 aliphatic rings. The van der Waals surface area contributed by atoms with Crippen LogP contribution in [0.25, 0.3) is 0 Å². The van der Waals surface area contributed by atoms with Crippen LogP contribution < -0.4 is 0 Å². The third-order valence-corrected chi connectivity index (χ3v) is 7.53. The van der Waals surface area contributed by atoms with Crippen molar-refractivity contribution in [3.63, 3.8) is 0 Å². The molecule has 3 nitrogen and oxygen atoms in total. The fraction of sp³-hybridized carbons (Fsp3) is 0.667. The first-order chi connectivity index (χ1) is 11.2. The lowest BCUT2D eigenvalue weighted by molar-refractivity contribution is 0.0340. The normalized spacial score (nSPS) is 27.3. The Bertz CT molecular complexity index is 614. The maximum Gasteiger partial charge on any atom is 0.114 e. The molecule has 3 rings (SSSR count). The summed E-state index contributed by atoms with van der Waals surface area (Å²) in [6, 6.07) is 4.33. The molecule has 0 spiro atoms. The quantitative estimate of drug-likeness (QED) is 0.835. The largest absolute Gasteiger partial charge is 0.388 e. The van der Waals surface area contributed by atoms with Gasteiger partial charge in [-0.1, -0.05) is 12.8 Å². The fourth-order valence-corrected chi connectivity index (χ4v) is 6.01. The third-order valence-electron chi connectivity index (χ3n) is 5.05. The maximum atomic E-state index is 11.0. The molecule has 2 atom stereocenters. The van der Waals surface area contributed by atoms with Gasteiger partial charge >= 0.3 is 0 Å². The Labute approximate surface area is 147 Å². The Kier molecular flexibility index (Phi) is 5.56. The van der Waals surface area contributed by atoms with Crippen LogP contribution in [0.1, 0.15) is 55.3 Å². The van der Waals surface area contributed by atoms with Crippen LogP contribution >= 0.6 is 23.5 Å². The van der Waals surface area contributed by atoms with Crippen LogP contribution in [0.4, 0.5) is 0 Å². The SMILES string of the molecule is CS[C@@H]1CCCC[C@]1(O)CSc1nc2c(cc1C#N)CCCC2. The molecule has 124 valence electrons. The van der Waals surface area contributed by atoms with Crippen molar-refractivity contribution in [3.05, 3.63) is 22.9 Å². The van der Waals surface area contributed by atoms with E-state index in [1.165, 1.54) is 24.8 Å². The minimum absolute atomic E-state index is 0.298. The molecule has 1 heterocycles. The lowest BCUT2D eigenvalue weighted by Gasteiger charge is -2.38. The monoisotopic (exact) mass is 348 g/mol. The van der Waals surface area contributed by atoms with Crippen LogP contribution in [0, 0.1) is 11.3 Å². The van der Waals surface area contributed by atoms with Gasteiger partial charge in [0.1, 0.15) is 11.1 Å². The van der Waals surface area contributed by atoms with Crippen molar-refractivity contribution in [1.29, 1.82) is 5.26 Å². The number of rotatable bonds is 4. The molecule has 0 aliphatic heterocycles. The molecule has 1 aromatic heterocycles. The van der Waals surface area contributed by atoms with Crippen LogP contribution in [0.15, 0.2) is 11.1 Å². The summed E-state index contributed by atoms with van der Waals surface area (Å²) in [7, 11) is 0. The van der Waals surface area contributed by atoms with Gasteiger partial charge in [-0.2, -0.15) is 17.0 Å². The predicted molar refractivity (Wildman–Crippen MR) is 97.0 cm³/mol. The van der Waals surface area contributed by atoms with Crippen molar-refractivity contribution in [3.8, 4) is 6.07 Å². The molecule has 0 amide bonds. The highest BCUT2D eigenvalue weighted by Crippen LogP contribution is 2.39. The van der Waals surface area contributed by atoms with Crippen LogP contribution in [-0.4, -0.2) is 33.0 Å². The average Bonchev–Trinajstić information content (AvgIpc) is 2.59. The van der Waals surface area contributed by atoms with Gasteiger partial charge in [-0.3, -0.25) is 0 Å². The average molecular weight is 349 g/mol. The van der Waals surface area contributed by atoms with Gasteiger partial charge in [-0.25, -0.2) is 4.98 Å². The van der Waals surface area contributed by atoms with E-state index in [1.807, 2.05) is 6.07 Å². The number of pyridine rings is 1. The number of aliphatic hydroxyl groups is 1. The number of hydrogen-bond acceptors (Lipinski definition) is 5. The van der Waals surface area contributed by atoms with E-state index in [2.05, 4.69) is 12.3 Å². The second-order valence-corrected chi connectivity index (χ2v) is 8.63. The number of nitrogens with zero attached hydrogens (tertiary/aromatic N) is 2. The van der Waals surface area contributed by atoms with E-state index in [0.717, 1.165) is 42.8 Å². The Morgan fingerprint density at radius 3 is 2.96 bits per heavy atom. The van der Waals surface area contributed by atoms with Gasteiger partial charge < -0.3 is 5.11 Å². The molecule has 0 bridgehead atoms. The van der Waals surface area contributed by atoms with Gasteiger partial charge in [0.25, 0.3) is 0 Å². The topological polar surface area (TPSA) is 56.9 Å². The predicted octanol–water partition coefficient (Wildman–Crippen LogP) is 3.96. The molecule has 1 fully saturated rings. The lowest BCUT2D eigenvalue weighted by Crippen LogP contribution is -2.45. The molecule has 5 heteroatoms. The summed E-state index contributed by atoms with van der Waals surface area (Å²) in [6.07, 6.45) is 10.8. The number of aromatic nitrogens is 1. The molecule has 0 aromatic carbocycles. The van der Waals surface area contributed by atoms with E-state index in [1.54, 1.807) is 23.5 Å². The number of thioether (sulfide) groups is 2. The molecule has 23 heavy (non-hydrogen) atoms. The highest BCUT2D eigenvalue weighted by molar-refractivity contribution is 8.00. The summed E-state index contributed by atoms with van der Waals surface area (Å²) in [4.78, 5) is 4.77. The highest BCUT2D eigenvalue weighted by atomic mass is 32.2. The van der Waals surface area contributed by atoms with Crippen molar-refractivity contribution in [2.24, 2.45) is 0 Å². The van der Waals surface area contributed by atoms with Crippen molar-refractivity contribution in [2.45, 2.75) is 67.2 Å². The third kappa shape index (κ3) is 3.70. The lowest BCUT2D eigenvalue weighted by atomic mass is 9.86. The first-order valence-corrected chi connectivity index (χ1v) is 10.7. The minimum atomic E-state index is -0.632. The Hall–Kier alpha value is -0.700. The van der Waals surface area contributed by atoms with Crippen molar-refractivity contribution in [2.75, 3.05) is 12.0 Å². The first kappa shape index (κ1) is 17.1. The molecule has 1 aromatic rings. The second-order valence-electron chi connectivity index (χ2n) is 6.63. The van der Waals surface area contributed by atoms with Gasteiger partial charge in [0.05, 0.1) is 11.2 Å². The fourth-order valence-electron chi connectivity index (χ4n) is 3.69. The molecule has 0 radical (unpaired) electrons. The Balaban J connectivity index is 1.78. The van der Waals surface area contributed by atoms with Crippen LogP contribution in [0.5, 0.6) is 0 Å². The second kappa shape index (κ2) is 7.46. The van der Waals surface area contributed by atoms with Gasteiger partial charge in [0, 0.05) is 16.7 Å². The van der Waals surface area contributed by atoms with Crippen molar-refractivity contribution >= 4 is 23.5 Å². The first-order valence-electron chi connectivity index (χ1n) is 8.47. The zero-order valence-corrected chi connectivity index (χ0v) is 15.3. The molecule has 1 N–H and O–H groups in total. The molecule has 0 unspecified atom stereocenters. The molecule has 2 aliphatic carbocycles. The molecular formula is C18H24N2OS2. The van der Waals surface area contributed by atoms with Crippen molar-refractivity contribution < 1.29 is 5.11 Å². The summed E-state index contributed by atoms with van der Waals surface area (Å²) in [5.41, 5.74) is 2.45. The zero-order valence-electron chi connectivity index (χ0n) is 13.7. The van der Waals surface area contributed by atoms with Crippen LogP contribution in [0.2, 0.25) is 0 Å². The minimum Gasteiger partial charge on any atom is -0.388 e. The molecule has 0 saturated heterocycles. The van der Waals surface area contributed by atoms with E-state index in [0.29, 0.717) is 16.6 Å². The van der Waals surface area contributed by atoms with E-state index in [4.69, 9.17) is 4.98 Å². The number of nitriles is 1. The van der Waals surface area contributed by atoms with E-state index in [9.17, 15) is 10.4 Å². The van der Waals surface area contributed by atoms with Crippen LogP contribution in [-0.2, 0) is 12.8 Å². The Morgan fingerprint density at radius 1 is 1.35 bits per heavy atom.